The quantitative estimate of drug-likeness (QED) is 0.659. The van der Waals surface area contributed by atoms with Gasteiger partial charge in [-0.25, -0.2) is 0 Å². The number of hydrogen-bond donors (Lipinski definition) is 1. The molecule has 60 valence electrons. The highest BCUT2D eigenvalue weighted by atomic mass is 16.3. The topological polar surface area (TPSA) is 39.2 Å². The number of furan rings is 1. The van der Waals surface area contributed by atoms with Gasteiger partial charge in [-0.2, -0.15) is 0 Å². The highest BCUT2D eigenvalue weighted by Gasteiger charge is 2.34. The Morgan fingerprint density at radius 3 is 3.27 bits per heavy atom. The molecule has 0 saturated heterocycles. The van der Waals surface area contributed by atoms with Gasteiger partial charge in [0.1, 0.15) is 5.76 Å². The highest BCUT2D eigenvalue weighted by Crippen LogP contribution is 2.38. The van der Waals surface area contributed by atoms with Crippen LogP contribution in [-0.4, -0.2) is 6.54 Å². The maximum absolute atomic E-state index is 5.70. The molecule has 1 aromatic rings. The van der Waals surface area contributed by atoms with E-state index >= 15 is 0 Å². The van der Waals surface area contributed by atoms with Gasteiger partial charge in [-0.1, -0.05) is 6.92 Å². The van der Waals surface area contributed by atoms with E-state index in [9.17, 15) is 0 Å². The molecule has 2 N–H and O–H groups in total. The van der Waals surface area contributed by atoms with E-state index in [0.29, 0.717) is 0 Å². The Bertz CT molecular complexity index is 266. The van der Waals surface area contributed by atoms with Crippen molar-refractivity contribution >= 4 is 0 Å². The van der Waals surface area contributed by atoms with Gasteiger partial charge in [0.05, 0.1) is 6.26 Å². The molecular weight excluding hydrogens is 138 g/mol. The molecular formula is C9H13NO. The second kappa shape index (κ2) is 2.11. The van der Waals surface area contributed by atoms with Crippen LogP contribution in [0.1, 0.15) is 24.7 Å². The zero-order valence-electron chi connectivity index (χ0n) is 6.76. The van der Waals surface area contributed by atoms with Crippen LogP contribution < -0.4 is 5.73 Å². The van der Waals surface area contributed by atoms with Gasteiger partial charge in [0.15, 0.2) is 0 Å². The molecule has 0 fully saturated rings. The first-order chi connectivity index (χ1) is 5.26. The van der Waals surface area contributed by atoms with Gasteiger partial charge < -0.3 is 10.2 Å². The predicted octanol–water partition coefficient (Wildman–Crippen LogP) is 1.44. The average Bonchev–Trinajstić information content (AvgIpc) is 2.55. The number of hydrogen-bond acceptors (Lipinski definition) is 2. The fourth-order valence-corrected chi connectivity index (χ4v) is 1.81. The van der Waals surface area contributed by atoms with Crippen molar-refractivity contribution in [2.45, 2.75) is 25.2 Å². The molecule has 1 unspecified atom stereocenters. The number of fused-ring (bicyclic) bond motifs is 1. The summed E-state index contributed by atoms with van der Waals surface area (Å²) < 4.78 is 5.32. The van der Waals surface area contributed by atoms with Crippen molar-refractivity contribution in [1.29, 1.82) is 0 Å². The monoisotopic (exact) mass is 151 g/mol. The Balaban J connectivity index is 2.45. The molecule has 0 bridgehead atoms. The van der Waals surface area contributed by atoms with Crippen molar-refractivity contribution in [1.82, 2.24) is 0 Å². The van der Waals surface area contributed by atoms with Crippen LogP contribution in [0.4, 0.5) is 0 Å². The van der Waals surface area contributed by atoms with Gasteiger partial charge in [-0.05, 0) is 12.5 Å². The van der Waals surface area contributed by atoms with Crippen LogP contribution in [0.3, 0.4) is 0 Å². The lowest BCUT2D eigenvalue weighted by Crippen LogP contribution is -2.28. The van der Waals surface area contributed by atoms with Crippen molar-refractivity contribution in [2.75, 3.05) is 6.54 Å². The largest absolute Gasteiger partial charge is 0.469 e. The first-order valence-electron chi connectivity index (χ1n) is 4.03. The van der Waals surface area contributed by atoms with Gasteiger partial charge in [-0.3, -0.25) is 0 Å². The Morgan fingerprint density at radius 2 is 2.55 bits per heavy atom. The van der Waals surface area contributed by atoms with E-state index in [1.807, 2.05) is 0 Å². The molecule has 0 aliphatic heterocycles. The summed E-state index contributed by atoms with van der Waals surface area (Å²) in [6.07, 6.45) is 3.95. The minimum Gasteiger partial charge on any atom is -0.469 e. The van der Waals surface area contributed by atoms with E-state index in [4.69, 9.17) is 10.2 Å². The molecule has 0 radical (unpaired) electrons. The van der Waals surface area contributed by atoms with Crippen LogP contribution in [0, 0.1) is 0 Å². The average molecular weight is 151 g/mol. The van der Waals surface area contributed by atoms with E-state index in [1.165, 1.54) is 5.56 Å². The third-order valence-electron chi connectivity index (χ3n) is 2.75. The molecule has 0 aromatic carbocycles. The molecule has 2 rings (SSSR count). The fourth-order valence-electron chi connectivity index (χ4n) is 1.81. The molecule has 0 amide bonds. The first-order valence-corrected chi connectivity index (χ1v) is 4.03. The summed E-state index contributed by atoms with van der Waals surface area (Å²) in [7, 11) is 0. The number of aryl methyl sites for hydroxylation is 1. The molecule has 2 heteroatoms. The summed E-state index contributed by atoms with van der Waals surface area (Å²) in [5.74, 6) is 1.14. The lowest BCUT2D eigenvalue weighted by Gasteiger charge is -2.20. The van der Waals surface area contributed by atoms with Gasteiger partial charge in [0.2, 0.25) is 0 Å². The smallest absolute Gasteiger partial charge is 0.107 e. The molecule has 11 heavy (non-hydrogen) atoms. The second-order valence-electron chi connectivity index (χ2n) is 3.52. The summed E-state index contributed by atoms with van der Waals surface area (Å²) in [6, 6.07) is 2.05. The molecule has 0 saturated carbocycles. The van der Waals surface area contributed by atoms with Gasteiger partial charge in [0, 0.05) is 23.9 Å². The lowest BCUT2D eigenvalue weighted by atomic mass is 9.85. The van der Waals surface area contributed by atoms with Crippen LogP contribution in [0.15, 0.2) is 16.7 Å². The fraction of sp³-hybridized carbons (Fsp3) is 0.556. The van der Waals surface area contributed by atoms with Gasteiger partial charge in [-0.15, -0.1) is 0 Å². The summed E-state index contributed by atoms with van der Waals surface area (Å²) in [5, 5.41) is 0. The first kappa shape index (κ1) is 6.92. The van der Waals surface area contributed by atoms with Crippen LogP contribution in [0.25, 0.3) is 0 Å². The third kappa shape index (κ3) is 0.824. The maximum Gasteiger partial charge on any atom is 0.107 e. The maximum atomic E-state index is 5.70. The molecule has 2 nitrogen and oxygen atoms in total. The van der Waals surface area contributed by atoms with Gasteiger partial charge in [0.25, 0.3) is 0 Å². The summed E-state index contributed by atoms with van der Waals surface area (Å²) in [5.41, 5.74) is 7.20. The Labute approximate surface area is 66.4 Å². The van der Waals surface area contributed by atoms with E-state index in [0.717, 1.165) is 25.1 Å². The van der Waals surface area contributed by atoms with Crippen molar-refractivity contribution in [3.63, 3.8) is 0 Å². The van der Waals surface area contributed by atoms with Crippen molar-refractivity contribution in [3.05, 3.63) is 23.7 Å². The van der Waals surface area contributed by atoms with E-state index in [1.54, 1.807) is 6.26 Å². The SMILES string of the molecule is CC1(CN)CCc2occc21. The molecule has 1 aliphatic rings. The third-order valence-corrected chi connectivity index (χ3v) is 2.75. The Morgan fingerprint density at radius 1 is 1.73 bits per heavy atom. The second-order valence-corrected chi connectivity index (χ2v) is 3.52. The van der Waals surface area contributed by atoms with Crippen LogP contribution >= 0.6 is 0 Å². The summed E-state index contributed by atoms with van der Waals surface area (Å²) in [6.45, 7) is 2.92. The molecule has 0 spiro atoms. The summed E-state index contributed by atoms with van der Waals surface area (Å²) >= 11 is 0. The molecule has 1 atom stereocenters. The van der Waals surface area contributed by atoms with Crippen molar-refractivity contribution in [3.8, 4) is 0 Å². The normalized spacial score (nSPS) is 28.9. The Hall–Kier alpha value is -0.760. The molecule has 1 aromatic heterocycles. The van der Waals surface area contributed by atoms with E-state index < -0.39 is 0 Å². The Kier molecular flexibility index (Phi) is 1.33. The molecule has 1 aliphatic carbocycles. The zero-order valence-corrected chi connectivity index (χ0v) is 6.76. The minimum atomic E-state index is 0.183. The number of rotatable bonds is 1. The van der Waals surface area contributed by atoms with Crippen LogP contribution in [-0.2, 0) is 11.8 Å². The van der Waals surface area contributed by atoms with Gasteiger partial charge >= 0.3 is 0 Å². The zero-order chi connectivity index (χ0) is 7.90. The van der Waals surface area contributed by atoms with Crippen LogP contribution in [0.5, 0.6) is 0 Å². The predicted molar refractivity (Wildman–Crippen MR) is 43.4 cm³/mol. The lowest BCUT2D eigenvalue weighted by molar-refractivity contribution is 0.472. The molecule has 1 heterocycles. The standard InChI is InChI=1S/C9H13NO/c1-9(6-10)4-2-8-7(9)3-5-11-8/h3,5H,2,4,6,10H2,1H3. The summed E-state index contributed by atoms with van der Waals surface area (Å²) in [4.78, 5) is 0. The van der Waals surface area contributed by atoms with E-state index in [2.05, 4.69) is 13.0 Å². The van der Waals surface area contributed by atoms with Crippen molar-refractivity contribution < 1.29 is 4.42 Å². The van der Waals surface area contributed by atoms with Crippen molar-refractivity contribution in [2.24, 2.45) is 5.73 Å². The van der Waals surface area contributed by atoms with E-state index in [-0.39, 0.29) is 5.41 Å². The highest BCUT2D eigenvalue weighted by molar-refractivity contribution is 5.32. The minimum absolute atomic E-state index is 0.183. The number of nitrogens with two attached hydrogens (primary N) is 1. The van der Waals surface area contributed by atoms with Crippen LogP contribution in [0.2, 0.25) is 0 Å².